The summed E-state index contributed by atoms with van der Waals surface area (Å²) >= 11 is 0. The van der Waals surface area contributed by atoms with E-state index in [9.17, 15) is 4.79 Å². The van der Waals surface area contributed by atoms with E-state index >= 15 is 0 Å². The molecule has 2 aliphatic heterocycles. The average Bonchev–Trinajstić information content (AvgIpc) is 2.93. The van der Waals surface area contributed by atoms with Crippen molar-refractivity contribution in [2.75, 3.05) is 37.6 Å². The van der Waals surface area contributed by atoms with Crippen molar-refractivity contribution in [1.29, 1.82) is 0 Å². The lowest BCUT2D eigenvalue weighted by atomic mass is 9.92. The number of aromatic nitrogens is 2. The molecule has 6 heteroatoms. The summed E-state index contributed by atoms with van der Waals surface area (Å²) in [5.41, 5.74) is 1.15. The van der Waals surface area contributed by atoms with Gasteiger partial charge in [-0.2, -0.15) is 5.10 Å². The van der Waals surface area contributed by atoms with Crippen molar-refractivity contribution in [3.05, 3.63) is 12.4 Å². The van der Waals surface area contributed by atoms with Gasteiger partial charge in [-0.3, -0.25) is 9.48 Å². The summed E-state index contributed by atoms with van der Waals surface area (Å²) < 4.78 is 1.82. The summed E-state index contributed by atoms with van der Waals surface area (Å²) in [4.78, 5) is 17.0. The van der Waals surface area contributed by atoms with Gasteiger partial charge in [-0.1, -0.05) is 0 Å². The first-order valence-corrected chi connectivity index (χ1v) is 7.89. The second-order valence-electron chi connectivity index (χ2n) is 6.26. The van der Waals surface area contributed by atoms with E-state index in [0.717, 1.165) is 51.3 Å². The maximum Gasteiger partial charge on any atom is 0.225 e. The quantitative estimate of drug-likeness (QED) is 0.860. The van der Waals surface area contributed by atoms with Crippen LogP contribution in [-0.4, -0.2) is 59.4 Å². The Labute approximate surface area is 126 Å². The Bertz CT molecular complexity index is 492. The molecular formula is C15H25N5O. The maximum absolute atomic E-state index is 12.6. The smallest absolute Gasteiger partial charge is 0.225 e. The highest BCUT2D eigenvalue weighted by molar-refractivity contribution is 5.79. The molecule has 116 valence electrons. The van der Waals surface area contributed by atoms with Crippen LogP contribution in [0.15, 0.2) is 12.4 Å². The predicted octanol–water partition coefficient (Wildman–Crippen LogP) is 0.457. The van der Waals surface area contributed by atoms with Gasteiger partial charge in [0.05, 0.1) is 11.9 Å². The number of carbonyl (C=O) groups is 1. The molecule has 1 N–H and O–H groups in total. The highest BCUT2D eigenvalue weighted by Gasteiger charge is 2.30. The van der Waals surface area contributed by atoms with Gasteiger partial charge in [0.15, 0.2) is 0 Å². The largest absolute Gasteiger partial charge is 0.365 e. The second kappa shape index (κ2) is 6.05. The maximum atomic E-state index is 12.6. The van der Waals surface area contributed by atoms with Crippen LogP contribution in [0.5, 0.6) is 0 Å². The number of hydrogen-bond acceptors (Lipinski definition) is 4. The summed E-state index contributed by atoms with van der Waals surface area (Å²) in [5.74, 6) is 0.570. The van der Waals surface area contributed by atoms with Crippen molar-refractivity contribution in [2.45, 2.75) is 25.8 Å². The van der Waals surface area contributed by atoms with E-state index in [-0.39, 0.29) is 5.92 Å². The van der Waals surface area contributed by atoms with Crippen LogP contribution in [0, 0.1) is 5.92 Å². The number of aryl methyl sites for hydroxylation is 1. The molecule has 0 saturated carbocycles. The molecule has 0 aliphatic carbocycles. The number of piperazine rings is 1. The standard InChI is InChI=1S/C15H25N5O/c1-12-9-13(3-4-16-12)15(21)20-7-5-19(6-8-20)14-10-17-18(2)11-14/h10-13,16H,3-9H2,1-2H3/t12-,13-/m0/s1. The van der Waals surface area contributed by atoms with Gasteiger partial charge in [0.2, 0.25) is 5.91 Å². The van der Waals surface area contributed by atoms with Crippen molar-refractivity contribution in [2.24, 2.45) is 13.0 Å². The molecule has 6 nitrogen and oxygen atoms in total. The Morgan fingerprint density at radius 2 is 2.10 bits per heavy atom. The van der Waals surface area contributed by atoms with Crippen LogP contribution >= 0.6 is 0 Å². The van der Waals surface area contributed by atoms with Gasteiger partial charge in [-0.25, -0.2) is 0 Å². The monoisotopic (exact) mass is 291 g/mol. The number of rotatable bonds is 2. The molecule has 0 aromatic carbocycles. The zero-order valence-corrected chi connectivity index (χ0v) is 13.0. The number of amides is 1. The van der Waals surface area contributed by atoms with Crippen molar-refractivity contribution < 1.29 is 4.79 Å². The van der Waals surface area contributed by atoms with Gasteiger partial charge in [0, 0.05) is 51.4 Å². The molecule has 21 heavy (non-hydrogen) atoms. The normalized spacial score (nSPS) is 27.0. The zero-order valence-electron chi connectivity index (χ0n) is 13.0. The fourth-order valence-electron chi connectivity index (χ4n) is 3.37. The Hall–Kier alpha value is -1.56. The fourth-order valence-corrected chi connectivity index (χ4v) is 3.37. The summed E-state index contributed by atoms with van der Waals surface area (Å²) in [6.45, 7) is 6.58. The van der Waals surface area contributed by atoms with Crippen molar-refractivity contribution >= 4 is 11.6 Å². The van der Waals surface area contributed by atoms with Crippen LogP contribution in [0.25, 0.3) is 0 Å². The lowest BCUT2D eigenvalue weighted by Gasteiger charge is -2.38. The minimum absolute atomic E-state index is 0.214. The van der Waals surface area contributed by atoms with E-state index < -0.39 is 0 Å². The third-order valence-electron chi connectivity index (χ3n) is 4.62. The molecule has 3 heterocycles. The van der Waals surface area contributed by atoms with E-state index in [0.29, 0.717) is 11.9 Å². The molecule has 0 spiro atoms. The van der Waals surface area contributed by atoms with E-state index in [2.05, 4.69) is 27.1 Å². The first-order chi connectivity index (χ1) is 10.1. The number of piperidine rings is 1. The summed E-state index contributed by atoms with van der Waals surface area (Å²) in [6.07, 6.45) is 5.88. The molecule has 0 bridgehead atoms. The topological polar surface area (TPSA) is 53.4 Å². The van der Waals surface area contributed by atoms with Crippen molar-refractivity contribution in [3.8, 4) is 0 Å². The third kappa shape index (κ3) is 3.20. The predicted molar refractivity (Wildman–Crippen MR) is 82.2 cm³/mol. The third-order valence-corrected chi connectivity index (χ3v) is 4.62. The van der Waals surface area contributed by atoms with E-state index in [1.165, 1.54) is 0 Å². The van der Waals surface area contributed by atoms with E-state index in [1.807, 2.05) is 24.1 Å². The average molecular weight is 291 g/mol. The van der Waals surface area contributed by atoms with Gasteiger partial charge in [0.1, 0.15) is 0 Å². The zero-order chi connectivity index (χ0) is 14.8. The van der Waals surface area contributed by atoms with Crippen molar-refractivity contribution in [1.82, 2.24) is 20.0 Å². The van der Waals surface area contributed by atoms with Gasteiger partial charge in [-0.15, -0.1) is 0 Å². The van der Waals surface area contributed by atoms with E-state index in [4.69, 9.17) is 0 Å². The Morgan fingerprint density at radius 1 is 1.33 bits per heavy atom. The lowest BCUT2D eigenvalue weighted by molar-refractivity contribution is -0.137. The first kappa shape index (κ1) is 14.4. The highest BCUT2D eigenvalue weighted by atomic mass is 16.2. The van der Waals surface area contributed by atoms with Crippen LogP contribution < -0.4 is 10.2 Å². The molecule has 3 rings (SSSR count). The summed E-state index contributed by atoms with van der Waals surface area (Å²) in [5, 5.41) is 7.63. The van der Waals surface area contributed by atoms with Crippen molar-refractivity contribution in [3.63, 3.8) is 0 Å². The SMILES string of the molecule is C[C@H]1C[C@@H](C(=O)N2CCN(c3cnn(C)c3)CC2)CCN1. The molecule has 1 amide bonds. The number of anilines is 1. The second-order valence-corrected chi connectivity index (χ2v) is 6.26. The Morgan fingerprint density at radius 3 is 2.71 bits per heavy atom. The van der Waals surface area contributed by atoms with Crippen LogP contribution in [0.3, 0.4) is 0 Å². The minimum Gasteiger partial charge on any atom is -0.365 e. The minimum atomic E-state index is 0.214. The lowest BCUT2D eigenvalue weighted by Crippen LogP contribution is -2.52. The molecule has 1 aromatic heterocycles. The van der Waals surface area contributed by atoms with E-state index in [1.54, 1.807) is 0 Å². The molecule has 0 unspecified atom stereocenters. The Balaban J connectivity index is 1.54. The number of carbonyl (C=O) groups excluding carboxylic acids is 1. The van der Waals surface area contributed by atoms with Gasteiger partial charge < -0.3 is 15.1 Å². The molecule has 2 aliphatic rings. The fraction of sp³-hybridized carbons (Fsp3) is 0.733. The van der Waals surface area contributed by atoms with Crippen LogP contribution in [-0.2, 0) is 11.8 Å². The number of hydrogen-bond donors (Lipinski definition) is 1. The van der Waals surface area contributed by atoms with Gasteiger partial charge >= 0.3 is 0 Å². The molecule has 2 fully saturated rings. The summed E-state index contributed by atoms with van der Waals surface area (Å²) in [7, 11) is 1.93. The molecule has 2 saturated heterocycles. The molecular weight excluding hydrogens is 266 g/mol. The highest BCUT2D eigenvalue weighted by Crippen LogP contribution is 2.21. The molecule has 2 atom stereocenters. The first-order valence-electron chi connectivity index (χ1n) is 7.89. The molecule has 0 radical (unpaired) electrons. The van der Waals surface area contributed by atoms with Crippen LogP contribution in [0.4, 0.5) is 5.69 Å². The number of nitrogens with one attached hydrogen (secondary N) is 1. The van der Waals surface area contributed by atoms with Crippen LogP contribution in [0.2, 0.25) is 0 Å². The summed E-state index contributed by atoms with van der Waals surface area (Å²) in [6, 6.07) is 0.462. The Kier molecular flexibility index (Phi) is 4.14. The van der Waals surface area contributed by atoms with Gasteiger partial charge in [-0.05, 0) is 26.3 Å². The molecule has 1 aromatic rings. The number of nitrogens with zero attached hydrogens (tertiary/aromatic N) is 4. The van der Waals surface area contributed by atoms with Crippen LogP contribution in [0.1, 0.15) is 19.8 Å². The van der Waals surface area contributed by atoms with Gasteiger partial charge in [0.25, 0.3) is 0 Å².